The summed E-state index contributed by atoms with van der Waals surface area (Å²) in [5, 5.41) is 25.0. The molecule has 12 nitrogen and oxygen atoms in total. The van der Waals surface area contributed by atoms with Crippen molar-refractivity contribution in [3.63, 3.8) is 0 Å². The molecule has 0 saturated carbocycles. The molecule has 2 atom stereocenters. The number of aromatic amines is 2. The molecule has 13 heteroatoms. The normalized spacial score (nSPS) is 11.3. The fourth-order valence-electron chi connectivity index (χ4n) is 3.93. The molecule has 0 fully saturated rings. The van der Waals surface area contributed by atoms with Crippen LogP contribution < -0.4 is 10.6 Å². The van der Waals surface area contributed by atoms with E-state index in [9.17, 15) is 19.2 Å². The van der Waals surface area contributed by atoms with Crippen LogP contribution in [0.15, 0.2) is 60.9 Å². The van der Waals surface area contributed by atoms with Crippen LogP contribution in [-0.4, -0.2) is 67.0 Å². The van der Waals surface area contributed by atoms with Crippen molar-refractivity contribution in [3.05, 3.63) is 72.1 Å². The van der Waals surface area contributed by atoms with Gasteiger partial charge in [-0.25, -0.2) is 9.59 Å². The van der Waals surface area contributed by atoms with Crippen molar-refractivity contribution in [1.29, 1.82) is 0 Å². The van der Waals surface area contributed by atoms with Crippen molar-refractivity contribution in [2.75, 3.05) is 0 Å². The van der Waals surface area contributed by atoms with E-state index in [-0.39, 0.29) is 57.3 Å². The number of amides is 2. The summed E-state index contributed by atoms with van der Waals surface area (Å²) in [4.78, 5) is 50.2. The standard InChI is InChI=1S/2C13H14N2O3.2H2O.Ti/c2*1-8(16)15-12(13(17)18)6-9-7-14-11-5-3-2-4-10(9)11;;;/h2*2-5,7,12,14H,6H2,1H3,(H,15,16)(H,17,18);2*1H2;. The van der Waals surface area contributed by atoms with Gasteiger partial charge in [0, 0.05) is 82.6 Å². The van der Waals surface area contributed by atoms with E-state index in [1.54, 1.807) is 12.4 Å². The van der Waals surface area contributed by atoms with Gasteiger partial charge in [-0.1, -0.05) is 36.4 Å². The molecule has 0 spiro atoms. The number of carbonyl (C=O) groups excluding carboxylic acids is 2. The van der Waals surface area contributed by atoms with Crippen LogP contribution in [0.5, 0.6) is 0 Å². The van der Waals surface area contributed by atoms with E-state index in [4.69, 9.17) is 10.2 Å². The number of carbonyl (C=O) groups is 4. The summed E-state index contributed by atoms with van der Waals surface area (Å²) < 4.78 is 0. The van der Waals surface area contributed by atoms with Crippen molar-refractivity contribution < 1.29 is 62.1 Å². The van der Waals surface area contributed by atoms with Crippen molar-refractivity contribution in [2.45, 2.75) is 38.8 Å². The largest absolute Gasteiger partial charge is 0.480 e. The monoisotopic (exact) mass is 576 g/mol. The van der Waals surface area contributed by atoms with Crippen LogP contribution in [-0.2, 0) is 53.7 Å². The van der Waals surface area contributed by atoms with Gasteiger partial charge >= 0.3 is 11.9 Å². The zero-order valence-corrected chi connectivity index (χ0v) is 22.9. The van der Waals surface area contributed by atoms with E-state index in [0.29, 0.717) is 0 Å². The van der Waals surface area contributed by atoms with E-state index in [1.165, 1.54) is 13.8 Å². The summed E-state index contributed by atoms with van der Waals surface area (Å²) in [6.07, 6.45) is 4.09. The van der Waals surface area contributed by atoms with E-state index < -0.39 is 24.0 Å². The van der Waals surface area contributed by atoms with E-state index in [0.717, 1.165) is 32.9 Å². The smallest absolute Gasteiger partial charge is 0.326 e. The van der Waals surface area contributed by atoms with E-state index in [2.05, 4.69) is 20.6 Å². The molecule has 0 bridgehead atoms. The number of aliphatic carboxylic acids is 2. The van der Waals surface area contributed by atoms with Crippen LogP contribution in [0.1, 0.15) is 25.0 Å². The summed E-state index contributed by atoms with van der Waals surface area (Å²) in [6.45, 7) is 2.62. The summed E-state index contributed by atoms with van der Waals surface area (Å²) in [6, 6.07) is 13.5. The molecule has 0 radical (unpaired) electrons. The Morgan fingerprint density at radius 3 is 1.33 bits per heavy atom. The minimum Gasteiger partial charge on any atom is -0.480 e. The Morgan fingerprint density at radius 2 is 1.03 bits per heavy atom. The Balaban J connectivity index is 0.000000688. The molecule has 0 saturated heterocycles. The number of hydrogen-bond acceptors (Lipinski definition) is 4. The van der Waals surface area contributed by atoms with Crippen molar-refractivity contribution in [2.24, 2.45) is 0 Å². The molecule has 4 aromatic rings. The molecule has 2 aromatic heterocycles. The molecular weight excluding hydrogens is 544 g/mol. The third-order valence-corrected chi connectivity index (χ3v) is 5.55. The first kappa shape index (κ1) is 35.0. The van der Waals surface area contributed by atoms with Crippen LogP contribution in [0.3, 0.4) is 0 Å². The average molecular weight is 576 g/mol. The molecule has 4 rings (SSSR count). The predicted molar refractivity (Wildman–Crippen MR) is 142 cm³/mol. The minimum absolute atomic E-state index is 0. The molecule has 2 amide bonds. The minimum atomic E-state index is -1.03. The number of rotatable bonds is 8. The van der Waals surface area contributed by atoms with E-state index >= 15 is 0 Å². The first-order chi connectivity index (χ1) is 17.2. The number of hydrogen-bond donors (Lipinski definition) is 6. The molecule has 0 aliphatic rings. The predicted octanol–water partition coefficient (Wildman–Crippen LogP) is 0.947. The van der Waals surface area contributed by atoms with Gasteiger partial charge < -0.3 is 41.8 Å². The zero-order valence-electron chi connectivity index (χ0n) is 21.4. The first-order valence-corrected chi connectivity index (χ1v) is 11.3. The number of aromatic nitrogens is 2. The van der Waals surface area contributed by atoms with Crippen molar-refractivity contribution in [1.82, 2.24) is 20.6 Å². The maximum absolute atomic E-state index is 11.1. The number of carboxylic acid groups (broad SMARTS) is 2. The second kappa shape index (κ2) is 16.1. The quantitative estimate of drug-likeness (QED) is 0.167. The van der Waals surface area contributed by atoms with Gasteiger partial charge in [0.1, 0.15) is 12.1 Å². The maximum atomic E-state index is 11.1. The molecular formula is C26H32N4O8Ti. The molecule has 2 heterocycles. The summed E-state index contributed by atoms with van der Waals surface area (Å²) in [5.74, 6) is -2.75. The van der Waals surface area contributed by atoms with Crippen LogP contribution >= 0.6 is 0 Å². The second-order valence-corrected chi connectivity index (χ2v) is 8.31. The van der Waals surface area contributed by atoms with Gasteiger partial charge in [0.25, 0.3) is 0 Å². The second-order valence-electron chi connectivity index (χ2n) is 8.31. The zero-order chi connectivity index (χ0) is 26.2. The van der Waals surface area contributed by atoms with Crippen molar-refractivity contribution in [3.8, 4) is 0 Å². The molecule has 0 aliphatic heterocycles. The van der Waals surface area contributed by atoms with E-state index in [1.807, 2.05) is 48.5 Å². The summed E-state index contributed by atoms with van der Waals surface area (Å²) >= 11 is 0. The number of H-pyrrole nitrogens is 2. The SMILES string of the molecule is CC(=O)NC(Cc1c[nH]c2ccccc12)C(=O)O.CC(=O)NC(Cc1c[nH]c2ccccc12)C(=O)O.O.O.[Ti]. The van der Waals surface area contributed by atoms with Crippen LogP contribution in [0.2, 0.25) is 0 Å². The molecule has 2 unspecified atom stereocenters. The van der Waals surface area contributed by atoms with Gasteiger partial charge in [-0.2, -0.15) is 0 Å². The summed E-state index contributed by atoms with van der Waals surface area (Å²) in [7, 11) is 0. The number of para-hydroxylation sites is 2. The van der Waals surface area contributed by atoms with Gasteiger partial charge in [0.05, 0.1) is 0 Å². The maximum Gasteiger partial charge on any atom is 0.326 e. The Labute approximate surface area is 238 Å². The number of fused-ring (bicyclic) bond motifs is 2. The summed E-state index contributed by atoms with van der Waals surface area (Å²) in [5.41, 5.74) is 3.68. The Kier molecular flexibility index (Phi) is 14.5. The Hall–Kier alpha value is -3.97. The Morgan fingerprint density at radius 1 is 0.692 bits per heavy atom. The number of benzene rings is 2. The van der Waals surface area contributed by atoms with Gasteiger partial charge in [-0.3, -0.25) is 9.59 Å². The average Bonchev–Trinajstić information content (AvgIpc) is 3.42. The fourth-order valence-corrected chi connectivity index (χ4v) is 3.93. The third-order valence-electron chi connectivity index (χ3n) is 5.55. The molecule has 2 aromatic carbocycles. The molecule has 10 N–H and O–H groups in total. The number of nitrogens with one attached hydrogen (secondary N) is 4. The van der Waals surface area contributed by atoms with Gasteiger partial charge in [0.2, 0.25) is 11.8 Å². The van der Waals surface area contributed by atoms with Gasteiger partial charge in [0.15, 0.2) is 0 Å². The Bertz CT molecular complexity index is 1290. The molecule has 39 heavy (non-hydrogen) atoms. The topological polar surface area (TPSA) is 227 Å². The van der Waals surface area contributed by atoms with Gasteiger partial charge in [-0.05, 0) is 23.3 Å². The first-order valence-electron chi connectivity index (χ1n) is 11.3. The van der Waals surface area contributed by atoms with Crippen LogP contribution in [0.25, 0.3) is 21.8 Å². The van der Waals surface area contributed by atoms with Gasteiger partial charge in [-0.15, -0.1) is 0 Å². The van der Waals surface area contributed by atoms with Crippen molar-refractivity contribution >= 4 is 45.6 Å². The number of carboxylic acids is 2. The van der Waals surface area contributed by atoms with Crippen LogP contribution in [0, 0.1) is 0 Å². The molecule has 0 aliphatic carbocycles. The molecule has 208 valence electrons. The fraction of sp³-hybridized carbons (Fsp3) is 0.231. The third kappa shape index (κ3) is 9.69. The van der Waals surface area contributed by atoms with Crippen LogP contribution in [0.4, 0.5) is 0 Å².